The van der Waals surface area contributed by atoms with Crippen LogP contribution in [0.15, 0.2) is 78.9 Å². The lowest BCUT2D eigenvalue weighted by atomic mass is 9.50. The highest BCUT2D eigenvalue weighted by molar-refractivity contribution is 6.32. The van der Waals surface area contributed by atoms with Crippen molar-refractivity contribution in [2.75, 3.05) is 0 Å². The van der Waals surface area contributed by atoms with Crippen LogP contribution >= 0.6 is 23.2 Å². The molecule has 2 atom stereocenters. The number of aryl methyl sites for hydroxylation is 2. The summed E-state index contributed by atoms with van der Waals surface area (Å²) in [4.78, 5) is 0. The predicted molar refractivity (Wildman–Crippen MR) is 130 cm³/mol. The van der Waals surface area contributed by atoms with Crippen LogP contribution < -0.4 is 0 Å². The average molecular weight is 441 g/mol. The van der Waals surface area contributed by atoms with E-state index in [9.17, 15) is 0 Å². The van der Waals surface area contributed by atoms with Gasteiger partial charge in [0.25, 0.3) is 0 Å². The van der Waals surface area contributed by atoms with Gasteiger partial charge in [0.2, 0.25) is 0 Å². The number of rotatable bonds is 2. The Bertz CT molecular complexity index is 1350. The van der Waals surface area contributed by atoms with Crippen molar-refractivity contribution in [3.05, 3.63) is 139 Å². The van der Waals surface area contributed by atoms with Crippen LogP contribution in [0.1, 0.15) is 56.0 Å². The number of hydrogen-bond donors (Lipinski definition) is 0. The summed E-state index contributed by atoms with van der Waals surface area (Å²) in [6.45, 7) is 4.47. The first-order valence-electron chi connectivity index (χ1n) is 10.8. The number of benzene rings is 4. The molecule has 4 aromatic carbocycles. The Kier molecular flexibility index (Phi) is 4.16. The lowest BCUT2D eigenvalue weighted by Gasteiger charge is -2.52. The van der Waals surface area contributed by atoms with Crippen LogP contribution in [0.2, 0.25) is 10.0 Å². The average Bonchev–Trinajstić information content (AvgIpc) is 2.77. The molecule has 2 unspecified atom stereocenters. The van der Waals surface area contributed by atoms with Crippen molar-refractivity contribution in [3.63, 3.8) is 0 Å². The zero-order chi connectivity index (χ0) is 21.3. The Morgan fingerprint density at radius 3 is 2.19 bits per heavy atom. The van der Waals surface area contributed by atoms with Crippen molar-refractivity contribution in [3.8, 4) is 0 Å². The van der Waals surface area contributed by atoms with E-state index in [1.165, 1.54) is 50.1 Å². The van der Waals surface area contributed by atoms with Gasteiger partial charge in [0, 0.05) is 16.0 Å². The molecule has 4 aromatic rings. The van der Waals surface area contributed by atoms with E-state index in [2.05, 4.69) is 80.6 Å². The minimum absolute atomic E-state index is 0.116. The number of hydrogen-bond acceptors (Lipinski definition) is 0. The van der Waals surface area contributed by atoms with E-state index >= 15 is 0 Å². The molecule has 0 radical (unpaired) electrons. The second-order valence-electron chi connectivity index (χ2n) is 8.89. The first kappa shape index (κ1) is 19.2. The molecular formula is C29H22Cl2. The van der Waals surface area contributed by atoms with Crippen LogP contribution in [0.4, 0.5) is 0 Å². The van der Waals surface area contributed by atoms with Crippen molar-refractivity contribution in [1.29, 1.82) is 0 Å². The summed E-state index contributed by atoms with van der Waals surface area (Å²) in [5.41, 5.74) is 11.5. The molecule has 3 aliphatic carbocycles. The van der Waals surface area contributed by atoms with E-state index in [4.69, 9.17) is 23.2 Å². The molecule has 0 amide bonds. The van der Waals surface area contributed by atoms with Crippen molar-refractivity contribution in [1.82, 2.24) is 0 Å². The molecule has 2 heteroatoms. The van der Waals surface area contributed by atoms with E-state index in [1.807, 2.05) is 12.1 Å². The van der Waals surface area contributed by atoms with Gasteiger partial charge in [0.05, 0.1) is 5.41 Å². The molecule has 0 spiro atoms. The minimum Gasteiger partial charge on any atom is -0.0840 e. The lowest BCUT2D eigenvalue weighted by molar-refractivity contribution is 0.535. The summed E-state index contributed by atoms with van der Waals surface area (Å²) in [5.74, 6) is 0.116. The second-order valence-corrected chi connectivity index (χ2v) is 9.71. The van der Waals surface area contributed by atoms with Crippen molar-refractivity contribution >= 4 is 23.2 Å². The monoisotopic (exact) mass is 440 g/mol. The van der Waals surface area contributed by atoms with E-state index < -0.39 is 0 Å². The van der Waals surface area contributed by atoms with Crippen molar-refractivity contribution < 1.29 is 0 Å². The van der Waals surface area contributed by atoms with Gasteiger partial charge in [0.1, 0.15) is 0 Å². The van der Waals surface area contributed by atoms with E-state index in [-0.39, 0.29) is 11.3 Å². The molecule has 0 saturated carbocycles. The van der Waals surface area contributed by atoms with E-state index in [0.29, 0.717) is 0 Å². The van der Waals surface area contributed by atoms with Crippen molar-refractivity contribution in [2.45, 2.75) is 31.6 Å². The minimum atomic E-state index is -0.366. The van der Waals surface area contributed by atoms with Crippen LogP contribution in [0.25, 0.3) is 0 Å². The summed E-state index contributed by atoms with van der Waals surface area (Å²) < 4.78 is 0. The normalized spacial score (nSPS) is 20.2. The van der Waals surface area contributed by atoms with Gasteiger partial charge in [0.15, 0.2) is 0 Å². The van der Waals surface area contributed by atoms with Gasteiger partial charge in [-0.2, -0.15) is 0 Å². The molecule has 0 heterocycles. The van der Waals surface area contributed by atoms with Gasteiger partial charge in [-0.25, -0.2) is 0 Å². The molecule has 0 saturated heterocycles. The Labute approximate surface area is 193 Å². The smallest absolute Gasteiger partial charge is 0.0518 e. The highest BCUT2D eigenvalue weighted by Gasteiger charge is 2.54. The first-order valence-corrected chi connectivity index (χ1v) is 11.5. The Hall–Kier alpha value is -2.54. The molecule has 0 fully saturated rings. The highest BCUT2D eigenvalue weighted by Crippen LogP contribution is 2.63. The Morgan fingerprint density at radius 2 is 1.39 bits per heavy atom. The fourth-order valence-electron chi connectivity index (χ4n) is 6.23. The van der Waals surface area contributed by atoms with Crippen LogP contribution in [0.5, 0.6) is 0 Å². The van der Waals surface area contributed by atoms with Gasteiger partial charge < -0.3 is 0 Å². The first-order chi connectivity index (χ1) is 15.0. The maximum Gasteiger partial charge on any atom is 0.0518 e. The molecule has 0 nitrogen and oxygen atoms in total. The van der Waals surface area contributed by atoms with Crippen LogP contribution in [0, 0.1) is 13.8 Å². The quantitative estimate of drug-likeness (QED) is 0.296. The summed E-state index contributed by atoms with van der Waals surface area (Å²) in [5, 5.41) is 1.69. The van der Waals surface area contributed by atoms with Gasteiger partial charge in [-0.1, -0.05) is 89.9 Å². The third-order valence-electron chi connectivity index (χ3n) is 7.28. The molecule has 3 aliphatic rings. The highest BCUT2D eigenvalue weighted by atomic mass is 35.5. The van der Waals surface area contributed by atoms with Gasteiger partial charge in [-0.15, -0.1) is 0 Å². The molecule has 2 bridgehead atoms. The molecule has 0 aromatic heterocycles. The molecular weight excluding hydrogens is 419 g/mol. The molecule has 31 heavy (non-hydrogen) atoms. The molecule has 0 N–H and O–H groups in total. The maximum absolute atomic E-state index is 7.02. The summed E-state index contributed by atoms with van der Waals surface area (Å²) in [6.07, 6.45) is 0.849. The summed E-state index contributed by atoms with van der Waals surface area (Å²) >= 11 is 14.0. The number of halogens is 2. The lowest BCUT2D eigenvalue weighted by Crippen LogP contribution is -2.45. The van der Waals surface area contributed by atoms with Crippen molar-refractivity contribution in [2.24, 2.45) is 0 Å². The zero-order valence-corrected chi connectivity index (χ0v) is 19.1. The SMILES string of the molecule is Cc1ccc(C)c2c1C1c3cccc(Cl)c3C2(Cc2ccccc2)c2cccc(Cl)c21. The fraction of sp³-hybridized carbons (Fsp3) is 0.172. The maximum atomic E-state index is 7.02. The largest absolute Gasteiger partial charge is 0.0840 e. The van der Waals surface area contributed by atoms with Gasteiger partial charge in [-0.05, 0) is 82.5 Å². The van der Waals surface area contributed by atoms with E-state index in [1.54, 1.807) is 0 Å². The standard InChI is InChI=1S/C29H22Cl2/c1-17-14-15-18(2)27-24(17)25-20-10-6-13-23(31)28(20)29(27,16-19-8-4-3-5-9-19)21-11-7-12-22(30)26(21)25/h3-15,25H,16H2,1-2H3. The predicted octanol–water partition coefficient (Wildman–Crippen LogP) is 7.99. The third kappa shape index (κ3) is 2.44. The van der Waals surface area contributed by atoms with Gasteiger partial charge >= 0.3 is 0 Å². The Morgan fingerprint density at radius 1 is 0.677 bits per heavy atom. The summed E-state index contributed by atoms with van der Waals surface area (Å²) in [6, 6.07) is 28.1. The topological polar surface area (TPSA) is 0 Å². The fourth-order valence-corrected chi connectivity index (χ4v) is 6.86. The van der Waals surface area contributed by atoms with Gasteiger partial charge in [-0.3, -0.25) is 0 Å². The van der Waals surface area contributed by atoms with Crippen LogP contribution in [0.3, 0.4) is 0 Å². The third-order valence-corrected chi connectivity index (χ3v) is 7.93. The molecule has 152 valence electrons. The van der Waals surface area contributed by atoms with Crippen LogP contribution in [-0.2, 0) is 11.8 Å². The zero-order valence-electron chi connectivity index (χ0n) is 17.5. The van der Waals surface area contributed by atoms with E-state index in [0.717, 1.165) is 16.5 Å². The van der Waals surface area contributed by atoms with Crippen LogP contribution in [-0.4, -0.2) is 0 Å². The molecule has 0 aliphatic heterocycles. The molecule has 7 rings (SSSR count). The summed E-state index contributed by atoms with van der Waals surface area (Å²) in [7, 11) is 0. The second kappa shape index (κ2) is 6.73. The Balaban J connectivity index is 1.83.